The van der Waals surface area contributed by atoms with Crippen molar-refractivity contribution in [1.29, 1.82) is 0 Å². The highest BCUT2D eigenvalue weighted by molar-refractivity contribution is 5.37. The molecular formula is C12H20. The van der Waals surface area contributed by atoms with Crippen molar-refractivity contribution in [2.75, 3.05) is 0 Å². The first-order chi connectivity index (χ1) is 5.72. The standard InChI is InChI=1S/C10H14.C2H6/c1-5-7-8-10(6-2)9(3)4;1-2/h5-8H,2-3H2,1,4H3;1-2H3/b7-5-,10-8+;. The van der Waals surface area contributed by atoms with Crippen LogP contribution in [-0.4, -0.2) is 0 Å². The lowest BCUT2D eigenvalue weighted by molar-refractivity contribution is 1.46. The average Bonchev–Trinajstić information content (AvgIpc) is 2.09. The minimum Gasteiger partial charge on any atom is -0.0985 e. The molecule has 0 nitrogen and oxygen atoms in total. The Kier molecular flexibility index (Phi) is 11.2. The van der Waals surface area contributed by atoms with Crippen LogP contribution in [0.2, 0.25) is 0 Å². The van der Waals surface area contributed by atoms with E-state index >= 15 is 0 Å². The van der Waals surface area contributed by atoms with Crippen LogP contribution in [0.3, 0.4) is 0 Å². The molecule has 0 aromatic carbocycles. The Bertz CT molecular complexity index is 180. The first kappa shape index (κ1) is 13.5. The Labute approximate surface area is 77.0 Å². The number of hydrogen-bond donors (Lipinski definition) is 0. The van der Waals surface area contributed by atoms with Gasteiger partial charge in [0.25, 0.3) is 0 Å². The zero-order valence-electron chi connectivity index (χ0n) is 8.72. The predicted molar refractivity (Wildman–Crippen MR) is 59.3 cm³/mol. The molecule has 12 heavy (non-hydrogen) atoms. The monoisotopic (exact) mass is 164 g/mol. The third-order valence-electron chi connectivity index (χ3n) is 1.18. The number of hydrogen-bond acceptors (Lipinski definition) is 0. The van der Waals surface area contributed by atoms with Gasteiger partial charge in [-0.1, -0.05) is 56.9 Å². The van der Waals surface area contributed by atoms with Crippen molar-refractivity contribution in [3.8, 4) is 0 Å². The van der Waals surface area contributed by atoms with Gasteiger partial charge in [-0.05, 0) is 19.4 Å². The van der Waals surface area contributed by atoms with Crippen molar-refractivity contribution in [2.45, 2.75) is 27.7 Å². The van der Waals surface area contributed by atoms with Crippen LogP contribution in [0.5, 0.6) is 0 Å². The summed E-state index contributed by atoms with van der Waals surface area (Å²) in [5, 5.41) is 0. The molecule has 0 N–H and O–H groups in total. The summed E-state index contributed by atoms with van der Waals surface area (Å²) in [6.07, 6.45) is 7.76. The summed E-state index contributed by atoms with van der Waals surface area (Å²) < 4.78 is 0. The minimum absolute atomic E-state index is 1.05. The van der Waals surface area contributed by atoms with Crippen molar-refractivity contribution in [2.24, 2.45) is 0 Å². The molecule has 0 saturated carbocycles. The highest BCUT2D eigenvalue weighted by atomic mass is 13.9. The summed E-state index contributed by atoms with van der Waals surface area (Å²) in [5.41, 5.74) is 2.14. The van der Waals surface area contributed by atoms with E-state index in [9.17, 15) is 0 Å². The van der Waals surface area contributed by atoms with Gasteiger partial charge in [0.05, 0.1) is 0 Å². The Hall–Kier alpha value is -1.04. The van der Waals surface area contributed by atoms with Gasteiger partial charge in [-0.25, -0.2) is 0 Å². The van der Waals surface area contributed by atoms with Crippen molar-refractivity contribution in [3.63, 3.8) is 0 Å². The molecular weight excluding hydrogens is 144 g/mol. The lowest BCUT2D eigenvalue weighted by Crippen LogP contribution is -1.75. The molecule has 68 valence electrons. The normalized spacial score (nSPS) is 10.5. The number of rotatable bonds is 3. The molecule has 0 atom stereocenters. The summed E-state index contributed by atoms with van der Waals surface area (Å²) in [5.74, 6) is 0. The van der Waals surface area contributed by atoms with Crippen molar-refractivity contribution >= 4 is 0 Å². The first-order valence-electron chi connectivity index (χ1n) is 4.33. The molecule has 0 radical (unpaired) electrons. The van der Waals surface area contributed by atoms with Gasteiger partial charge in [0.15, 0.2) is 0 Å². The molecule has 0 aliphatic carbocycles. The SMILES string of the molecule is C=C/C(=C\C=C/C)C(=C)C.CC. The molecule has 0 heteroatoms. The third kappa shape index (κ3) is 7.07. The van der Waals surface area contributed by atoms with Gasteiger partial charge in [0.2, 0.25) is 0 Å². The van der Waals surface area contributed by atoms with Crippen LogP contribution in [0.4, 0.5) is 0 Å². The molecule has 0 amide bonds. The molecule has 0 spiro atoms. The van der Waals surface area contributed by atoms with E-state index in [2.05, 4.69) is 13.2 Å². The molecule has 0 aliphatic heterocycles. The maximum Gasteiger partial charge on any atom is -0.0239 e. The average molecular weight is 164 g/mol. The van der Waals surface area contributed by atoms with E-state index in [4.69, 9.17) is 0 Å². The number of allylic oxidation sites excluding steroid dienone is 6. The molecule has 0 unspecified atom stereocenters. The van der Waals surface area contributed by atoms with E-state index in [1.54, 1.807) is 0 Å². The maximum atomic E-state index is 3.81. The summed E-state index contributed by atoms with van der Waals surface area (Å²) in [4.78, 5) is 0. The molecule has 0 saturated heterocycles. The topological polar surface area (TPSA) is 0 Å². The summed E-state index contributed by atoms with van der Waals surface area (Å²) in [6, 6.07) is 0. The van der Waals surface area contributed by atoms with Gasteiger partial charge in [0, 0.05) is 0 Å². The van der Waals surface area contributed by atoms with E-state index in [1.165, 1.54) is 0 Å². The van der Waals surface area contributed by atoms with Crippen molar-refractivity contribution in [3.05, 3.63) is 48.6 Å². The van der Waals surface area contributed by atoms with E-state index in [-0.39, 0.29) is 0 Å². The fraction of sp³-hybridized carbons (Fsp3) is 0.333. The molecule has 0 bridgehead atoms. The Morgan fingerprint density at radius 1 is 1.25 bits per heavy atom. The second-order valence-corrected chi connectivity index (χ2v) is 2.13. The smallest absolute Gasteiger partial charge is 0.0239 e. The fourth-order valence-electron chi connectivity index (χ4n) is 0.584. The van der Waals surface area contributed by atoms with Crippen molar-refractivity contribution < 1.29 is 0 Å². The lowest BCUT2D eigenvalue weighted by atomic mass is 10.1. The van der Waals surface area contributed by atoms with Crippen LogP contribution in [0.15, 0.2) is 48.6 Å². The van der Waals surface area contributed by atoms with Crippen LogP contribution in [0.25, 0.3) is 0 Å². The van der Waals surface area contributed by atoms with Crippen molar-refractivity contribution in [1.82, 2.24) is 0 Å². The highest BCUT2D eigenvalue weighted by Crippen LogP contribution is 2.06. The van der Waals surface area contributed by atoms with E-state index in [1.807, 2.05) is 52.0 Å². The second-order valence-electron chi connectivity index (χ2n) is 2.13. The van der Waals surface area contributed by atoms with Gasteiger partial charge in [-0.2, -0.15) is 0 Å². The zero-order valence-corrected chi connectivity index (χ0v) is 8.72. The van der Waals surface area contributed by atoms with E-state index in [0.29, 0.717) is 0 Å². The van der Waals surface area contributed by atoms with Crippen LogP contribution in [-0.2, 0) is 0 Å². The maximum absolute atomic E-state index is 3.81. The van der Waals surface area contributed by atoms with Gasteiger partial charge < -0.3 is 0 Å². The lowest BCUT2D eigenvalue weighted by Gasteiger charge is -1.95. The molecule has 0 aliphatic rings. The Morgan fingerprint density at radius 2 is 1.75 bits per heavy atom. The molecule has 0 aromatic heterocycles. The molecule has 0 rings (SSSR count). The quantitative estimate of drug-likeness (QED) is 0.546. The van der Waals surface area contributed by atoms with Crippen LogP contribution < -0.4 is 0 Å². The minimum atomic E-state index is 1.05. The zero-order chi connectivity index (χ0) is 9.98. The van der Waals surface area contributed by atoms with Gasteiger partial charge in [-0.3, -0.25) is 0 Å². The first-order valence-corrected chi connectivity index (χ1v) is 4.33. The molecule has 0 aromatic rings. The Balaban J connectivity index is 0. The van der Waals surface area contributed by atoms with Crippen LogP contribution in [0.1, 0.15) is 27.7 Å². The summed E-state index contributed by atoms with van der Waals surface area (Å²) in [6.45, 7) is 15.4. The van der Waals surface area contributed by atoms with Gasteiger partial charge >= 0.3 is 0 Å². The largest absolute Gasteiger partial charge is 0.0985 e. The third-order valence-corrected chi connectivity index (χ3v) is 1.18. The van der Waals surface area contributed by atoms with Crippen LogP contribution in [0, 0.1) is 0 Å². The van der Waals surface area contributed by atoms with E-state index < -0.39 is 0 Å². The molecule has 0 heterocycles. The fourth-order valence-corrected chi connectivity index (χ4v) is 0.584. The second kappa shape index (κ2) is 9.96. The van der Waals surface area contributed by atoms with Crippen LogP contribution >= 0.6 is 0 Å². The molecule has 0 fully saturated rings. The highest BCUT2D eigenvalue weighted by Gasteiger charge is 1.86. The summed E-state index contributed by atoms with van der Waals surface area (Å²) in [7, 11) is 0. The van der Waals surface area contributed by atoms with Gasteiger partial charge in [-0.15, -0.1) is 0 Å². The van der Waals surface area contributed by atoms with E-state index in [0.717, 1.165) is 11.1 Å². The summed E-state index contributed by atoms with van der Waals surface area (Å²) >= 11 is 0. The predicted octanol–water partition coefficient (Wildman–Crippen LogP) is 4.28. The Morgan fingerprint density at radius 3 is 2.00 bits per heavy atom. The van der Waals surface area contributed by atoms with Gasteiger partial charge in [0.1, 0.15) is 0 Å².